The molecule has 1 saturated heterocycles. The van der Waals surface area contributed by atoms with Gasteiger partial charge in [0.25, 0.3) is 5.91 Å². The highest BCUT2D eigenvalue weighted by Crippen LogP contribution is 2.24. The number of sulfonamides is 1. The van der Waals surface area contributed by atoms with Crippen molar-refractivity contribution in [3.05, 3.63) is 53.6 Å². The van der Waals surface area contributed by atoms with Gasteiger partial charge in [0.1, 0.15) is 11.5 Å². The molecule has 0 aromatic heterocycles. The first-order chi connectivity index (χ1) is 13.8. The number of carbonyl (C=O) groups is 1. The summed E-state index contributed by atoms with van der Waals surface area (Å²) in [6, 6.07) is 10.5. The maximum atomic E-state index is 12.5. The second-order valence-electron chi connectivity index (χ2n) is 6.66. The van der Waals surface area contributed by atoms with E-state index in [1.54, 1.807) is 19.1 Å². The molecule has 9 heteroatoms. The third-order valence-electron chi connectivity index (χ3n) is 4.74. The van der Waals surface area contributed by atoms with E-state index in [-0.39, 0.29) is 16.2 Å². The number of amides is 1. The average molecular weight is 417 g/mol. The molecule has 0 unspecified atom stereocenters. The van der Waals surface area contributed by atoms with Crippen LogP contribution in [0.5, 0.6) is 11.5 Å². The summed E-state index contributed by atoms with van der Waals surface area (Å²) in [6.45, 7) is 2.70. The van der Waals surface area contributed by atoms with Crippen LogP contribution in [0.15, 0.2) is 52.5 Å². The monoisotopic (exact) mass is 417 g/mol. The van der Waals surface area contributed by atoms with Crippen molar-refractivity contribution < 1.29 is 23.1 Å². The zero-order chi connectivity index (χ0) is 21.0. The van der Waals surface area contributed by atoms with E-state index in [9.17, 15) is 18.3 Å². The molecule has 1 aliphatic rings. The fourth-order valence-corrected chi connectivity index (χ4v) is 4.58. The van der Waals surface area contributed by atoms with Gasteiger partial charge in [-0.25, -0.2) is 13.8 Å². The van der Waals surface area contributed by atoms with Gasteiger partial charge in [-0.3, -0.25) is 4.79 Å². The number of hydrazone groups is 1. The van der Waals surface area contributed by atoms with Crippen molar-refractivity contribution in [1.29, 1.82) is 0 Å². The van der Waals surface area contributed by atoms with Crippen molar-refractivity contribution in [3.63, 3.8) is 0 Å². The highest BCUT2D eigenvalue weighted by molar-refractivity contribution is 7.89. The molecule has 3 rings (SSSR count). The zero-order valence-corrected chi connectivity index (χ0v) is 17.1. The minimum absolute atomic E-state index is 0.0173. The molecule has 29 heavy (non-hydrogen) atoms. The van der Waals surface area contributed by atoms with Crippen molar-refractivity contribution >= 4 is 21.6 Å². The van der Waals surface area contributed by atoms with Gasteiger partial charge in [0.05, 0.1) is 17.7 Å². The number of methoxy groups -OCH3 is 1. The van der Waals surface area contributed by atoms with Crippen LogP contribution in [0.1, 0.15) is 35.7 Å². The Morgan fingerprint density at radius 2 is 1.79 bits per heavy atom. The number of carbonyl (C=O) groups excluding carboxylic acids is 1. The minimum atomic E-state index is -3.52. The van der Waals surface area contributed by atoms with Crippen LogP contribution in [-0.4, -0.2) is 49.6 Å². The number of hydrogen-bond donors (Lipinski definition) is 2. The molecule has 0 spiro atoms. The SMILES string of the molecule is COc1ccc(/C(C)=N/NC(=O)c2ccc(S(=O)(=O)N3CCCC3)cc2)c(O)c1. The van der Waals surface area contributed by atoms with Gasteiger partial charge >= 0.3 is 0 Å². The molecule has 0 radical (unpaired) electrons. The van der Waals surface area contributed by atoms with Gasteiger partial charge in [-0.1, -0.05) is 0 Å². The smallest absolute Gasteiger partial charge is 0.271 e. The van der Waals surface area contributed by atoms with E-state index in [1.807, 2.05) is 0 Å². The molecule has 1 heterocycles. The average Bonchev–Trinajstić information content (AvgIpc) is 3.27. The van der Waals surface area contributed by atoms with Crippen molar-refractivity contribution in [3.8, 4) is 11.5 Å². The van der Waals surface area contributed by atoms with E-state index in [4.69, 9.17) is 4.74 Å². The lowest BCUT2D eigenvalue weighted by molar-refractivity contribution is 0.0954. The normalized spacial score (nSPS) is 15.3. The van der Waals surface area contributed by atoms with E-state index in [0.717, 1.165) is 12.8 Å². The van der Waals surface area contributed by atoms with Gasteiger partial charge in [-0.05, 0) is 56.2 Å². The topological polar surface area (TPSA) is 108 Å². The summed E-state index contributed by atoms with van der Waals surface area (Å²) in [7, 11) is -2.02. The van der Waals surface area contributed by atoms with E-state index in [0.29, 0.717) is 30.1 Å². The maximum absolute atomic E-state index is 12.5. The number of nitrogens with zero attached hydrogens (tertiary/aromatic N) is 2. The molecule has 0 bridgehead atoms. The third kappa shape index (κ3) is 4.57. The van der Waals surface area contributed by atoms with Crippen molar-refractivity contribution in [2.75, 3.05) is 20.2 Å². The van der Waals surface area contributed by atoms with Gasteiger partial charge in [0.15, 0.2) is 0 Å². The minimum Gasteiger partial charge on any atom is -0.507 e. The lowest BCUT2D eigenvalue weighted by Gasteiger charge is -2.15. The Labute approximate surface area is 169 Å². The van der Waals surface area contributed by atoms with Crippen molar-refractivity contribution in [1.82, 2.24) is 9.73 Å². The lowest BCUT2D eigenvalue weighted by atomic mass is 10.1. The number of rotatable bonds is 6. The Morgan fingerprint density at radius 3 is 2.38 bits per heavy atom. The fourth-order valence-electron chi connectivity index (χ4n) is 3.06. The number of phenolic OH excluding ortho intramolecular Hbond substituents is 1. The van der Waals surface area contributed by atoms with Crippen LogP contribution in [0.4, 0.5) is 0 Å². The van der Waals surface area contributed by atoms with Crippen molar-refractivity contribution in [2.24, 2.45) is 5.10 Å². The molecular formula is C20H23N3O5S. The van der Waals surface area contributed by atoms with Gasteiger partial charge in [-0.15, -0.1) is 0 Å². The van der Waals surface area contributed by atoms with Crippen LogP contribution in [0.25, 0.3) is 0 Å². The first kappa shape index (κ1) is 20.8. The Morgan fingerprint density at radius 1 is 1.14 bits per heavy atom. The molecule has 0 atom stereocenters. The van der Waals surface area contributed by atoms with E-state index < -0.39 is 15.9 Å². The van der Waals surface area contributed by atoms with E-state index >= 15 is 0 Å². The Kier molecular flexibility index (Phi) is 6.19. The Bertz CT molecular complexity index is 1030. The molecule has 2 aromatic rings. The van der Waals surface area contributed by atoms with E-state index in [2.05, 4.69) is 10.5 Å². The molecule has 8 nitrogen and oxygen atoms in total. The zero-order valence-electron chi connectivity index (χ0n) is 16.3. The largest absolute Gasteiger partial charge is 0.507 e. The summed E-state index contributed by atoms with van der Waals surface area (Å²) in [5.41, 5.74) is 3.56. The number of benzene rings is 2. The van der Waals surface area contributed by atoms with Crippen LogP contribution >= 0.6 is 0 Å². The summed E-state index contributed by atoms with van der Waals surface area (Å²) in [6.07, 6.45) is 1.72. The van der Waals surface area contributed by atoms with Gasteiger partial charge in [0.2, 0.25) is 10.0 Å². The van der Waals surface area contributed by atoms with Crippen LogP contribution in [-0.2, 0) is 10.0 Å². The highest BCUT2D eigenvalue weighted by atomic mass is 32.2. The first-order valence-corrected chi connectivity index (χ1v) is 10.6. The number of ether oxygens (including phenoxy) is 1. The molecule has 1 aliphatic heterocycles. The predicted molar refractivity (Wildman–Crippen MR) is 109 cm³/mol. The predicted octanol–water partition coefficient (Wildman–Crippen LogP) is 2.34. The summed E-state index contributed by atoms with van der Waals surface area (Å²) in [5, 5.41) is 14.0. The summed E-state index contributed by atoms with van der Waals surface area (Å²) < 4.78 is 31.6. The third-order valence-corrected chi connectivity index (χ3v) is 6.65. The van der Waals surface area contributed by atoms with E-state index in [1.165, 1.54) is 41.7 Å². The second kappa shape index (κ2) is 8.62. The number of aromatic hydroxyl groups is 1. The molecule has 154 valence electrons. The summed E-state index contributed by atoms with van der Waals surface area (Å²) in [4.78, 5) is 12.5. The Balaban J connectivity index is 1.70. The van der Waals surface area contributed by atoms with Gasteiger partial charge < -0.3 is 9.84 Å². The van der Waals surface area contributed by atoms with Gasteiger partial charge in [-0.2, -0.15) is 9.41 Å². The summed E-state index contributed by atoms with van der Waals surface area (Å²) >= 11 is 0. The quantitative estimate of drug-likeness (QED) is 0.554. The maximum Gasteiger partial charge on any atom is 0.271 e. The molecule has 1 fully saturated rings. The molecule has 1 amide bonds. The molecular weight excluding hydrogens is 394 g/mol. The molecule has 2 N–H and O–H groups in total. The fraction of sp³-hybridized carbons (Fsp3) is 0.300. The molecule has 2 aromatic carbocycles. The number of hydrogen-bond acceptors (Lipinski definition) is 6. The second-order valence-corrected chi connectivity index (χ2v) is 8.59. The summed E-state index contributed by atoms with van der Waals surface area (Å²) in [5.74, 6) is 0.00542. The Hall–Kier alpha value is -2.91. The standard InChI is InChI=1S/C20H23N3O5S/c1-14(18-10-7-16(28-2)13-19(18)24)21-22-20(25)15-5-8-17(9-6-15)29(26,27)23-11-3-4-12-23/h5-10,13,24H,3-4,11-12H2,1-2H3,(H,22,25)/b21-14+. The van der Waals surface area contributed by atoms with Crippen molar-refractivity contribution in [2.45, 2.75) is 24.7 Å². The van der Waals surface area contributed by atoms with Crippen LogP contribution in [0.2, 0.25) is 0 Å². The number of phenols is 1. The molecule has 0 aliphatic carbocycles. The number of nitrogens with one attached hydrogen (secondary N) is 1. The molecule has 0 saturated carbocycles. The van der Waals surface area contributed by atoms with Crippen LogP contribution in [0, 0.1) is 0 Å². The van der Waals surface area contributed by atoms with Gasteiger partial charge in [0, 0.05) is 30.3 Å². The lowest BCUT2D eigenvalue weighted by Crippen LogP contribution is -2.28. The first-order valence-electron chi connectivity index (χ1n) is 9.15. The van der Waals surface area contributed by atoms with Crippen LogP contribution in [0.3, 0.4) is 0 Å². The highest BCUT2D eigenvalue weighted by Gasteiger charge is 2.27. The van der Waals surface area contributed by atoms with Crippen LogP contribution < -0.4 is 10.2 Å².